The Kier molecular flexibility index (Phi) is 4.90. The fourth-order valence-electron chi connectivity index (χ4n) is 3.03. The third kappa shape index (κ3) is 4.08. The van der Waals surface area contributed by atoms with E-state index >= 15 is 0 Å². The highest BCUT2D eigenvalue weighted by molar-refractivity contribution is 9.10. The van der Waals surface area contributed by atoms with Crippen LogP contribution in [0.5, 0.6) is 0 Å². The van der Waals surface area contributed by atoms with Crippen molar-refractivity contribution < 1.29 is 4.79 Å². The molecular formula is C17H24BrNO. The van der Waals surface area contributed by atoms with Gasteiger partial charge in [0.15, 0.2) is 0 Å². The number of carbonyl (C=O) groups excluding carboxylic acids is 1. The minimum absolute atomic E-state index is 0.174. The molecule has 2 rings (SSSR count). The summed E-state index contributed by atoms with van der Waals surface area (Å²) in [7, 11) is 0. The predicted octanol–water partition coefficient (Wildman–Crippen LogP) is 5.24. The lowest BCUT2D eigenvalue weighted by Crippen LogP contribution is -2.31. The van der Waals surface area contributed by atoms with E-state index in [4.69, 9.17) is 0 Å². The minimum Gasteiger partial charge on any atom is -0.326 e. The van der Waals surface area contributed by atoms with E-state index in [0.717, 1.165) is 28.9 Å². The summed E-state index contributed by atoms with van der Waals surface area (Å²) in [4.78, 5) is 12.3. The first-order valence-electron chi connectivity index (χ1n) is 7.42. The van der Waals surface area contributed by atoms with Crippen LogP contribution in [-0.2, 0) is 4.79 Å². The first-order chi connectivity index (χ1) is 9.36. The van der Waals surface area contributed by atoms with Crippen molar-refractivity contribution in [3.8, 4) is 0 Å². The van der Waals surface area contributed by atoms with Gasteiger partial charge in [0.25, 0.3) is 0 Å². The zero-order valence-corrected chi connectivity index (χ0v) is 14.2. The van der Waals surface area contributed by atoms with Crippen molar-refractivity contribution in [3.05, 3.63) is 28.7 Å². The first kappa shape index (κ1) is 15.6. The Bertz CT molecular complexity index is 470. The van der Waals surface area contributed by atoms with Gasteiger partial charge in [0, 0.05) is 16.1 Å². The Morgan fingerprint density at radius 1 is 1.20 bits per heavy atom. The smallest absolute Gasteiger partial charge is 0.227 e. The topological polar surface area (TPSA) is 29.1 Å². The lowest BCUT2D eigenvalue weighted by molar-refractivity contribution is -0.121. The van der Waals surface area contributed by atoms with Crippen molar-refractivity contribution in [2.45, 2.75) is 46.5 Å². The van der Waals surface area contributed by atoms with Crippen molar-refractivity contribution in [1.29, 1.82) is 0 Å². The minimum atomic E-state index is 0.174. The summed E-state index contributed by atoms with van der Waals surface area (Å²) in [6.45, 7) is 6.92. The second kappa shape index (κ2) is 6.30. The van der Waals surface area contributed by atoms with Crippen molar-refractivity contribution >= 4 is 27.5 Å². The van der Waals surface area contributed by atoms with Gasteiger partial charge in [0.1, 0.15) is 0 Å². The number of hydrogen-bond acceptors (Lipinski definition) is 1. The molecule has 0 saturated heterocycles. The van der Waals surface area contributed by atoms with Gasteiger partial charge in [-0.15, -0.1) is 0 Å². The number of rotatable bonds is 2. The van der Waals surface area contributed by atoms with E-state index in [9.17, 15) is 4.79 Å². The third-order valence-corrected chi connectivity index (χ3v) is 4.91. The summed E-state index contributed by atoms with van der Waals surface area (Å²) >= 11 is 3.43. The van der Waals surface area contributed by atoms with Crippen LogP contribution in [0.15, 0.2) is 28.7 Å². The Hall–Kier alpha value is -0.830. The highest BCUT2D eigenvalue weighted by atomic mass is 79.9. The van der Waals surface area contributed by atoms with E-state index in [1.54, 1.807) is 0 Å². The summed E-state index contributed by atoms with van der Waals surface area (Å²) < 4.78 is 0.992. The Morgan fingerprint density at radius 2 is 1.85 bits per heavy atom. The second-order valence-electron chi connectivity index (χ2n) is 6.91. The van der Waals surface area contributed by atoms with Gasteiger partial charge in [-0.05, 0) is 55.2 Å². The second-order valence-corrected chi connectivity index (χ2v) is 7.83. The fourth-order valence-corrected chi connectivity index (χ4v) is 3.43. The highest BCUT2D eigenvalue weighted by Gasteiger charge is 2.32. The van der Waals surface area contributed by atoms with E-state index < -0.39 is 0 Å². The van der Waals surface area contributed by atoms with Crippen LogP contribution in [0.25, 0.3) is 0 Å². The molecule has 1 fully saturated rings. The zero-order chi connectivity index (χ0) is 14.8. The van der Waals surface area contributed by atoms with Crippen molar-refractivity contribution in [2.24, 2.45) is 17.3 Å². The van der Waals surface area contributed by atoms with Gasteiger partial charge in [-0.25, -0.2) is 0 Å². The molecule has 1 amide bonds. The van der Waals surface area contributed by atoms with Crippen molar-refractivity contribution in [2.75, 3.05) is 5.32 Å². The molecule has 1 N–H and O–H groups in total. The Morgan fingerprint density at radius 3 is 2.40 bits per heavy atom. The molecule has 0 aliphatic heterocycles. The molecule has 3 heteroatoms. The number of hydrogen-bond donors (Lipinski definition) is 1. The van der Waals surface area contributed by atoms with Crippen molar-refractivity contribution in [3.63, 3.8) is 0 Å². The lowest BCUT2D eigenvalue weighted by Gasteiger charge is -2.36. The normalized spacial score (nSPS) is 23.4. The van der Waals surface area contributed by atoms with E-state index in [-0.39, 0.29) is 11.8 Å². The van der Waals surface area contributed by atoms with E-state index in [1.807, 2.05) is 24.3 Å². The van der Waals surface area contributed by atoms with Crippen molar-refractivity contribution in [1.82, 2.24) is 0 Å². The third-order valence-electron chi connectivity index (χ3n) is 4.41. The van der Waals surface area contributed by atoms with Gasteiger partial charge in [-0.2, -0.15) is 0 Å². The molecule has 0 heterocycles. The maximum Gasteiger partial charge on any atom is 0.227 e. The average Bonchev–Trinajstić information content (AvgIpc) is 2.38. The molecule has 0 aromatic heterocycles. The molecule has 0 unspecified atom stereocenters. The number of carbonyl (C=O) groups is 1. The molecule has 1 saturated carbocycles. The van der Waals surface area contributed by atoms with E-state index in [2.05, 4.69) is 42.0 Å². The quantitative estimate of drug-likeness (QED) is 0.785. The van der Waals surface area contributed by atoms with Gasteiger partial charge < -0.3 is 5.32 Å². The molecule has 20 heavy (non-hydrogen) atoms. The predicted molar refractivity (Wildman–Crippen MR) is 87.7 cm³/mol. The molecular weight excluding hydrogens is 314 g/mol. The van der Waals surface area contributed by atoms with Crippen LogP contribution in [0.2, 0.25) is 0 Å². The summed E-state index contributed by atoms with van der Waals surface area (Å²) in [5.41, 5.74) is 1.24. The van der Waals surface area contributed by atoms with Crippen LogP contribution in [0.4, 0.5) is 5.69 Å². The molecule has 1 aliphatic carbocycles. The average molecular weight is 338 g/mol. The van der Waals surface area contributed by atoms with Gasteiger partial charge in [-0.3, -0.25) is 4.79 Å². The Labute approximate surface area is 130 Å². The van der Waals surface area contributed by atoms with E-state index in [0.29, 0.717) is 5.41 Å². The van der Waals surface area contributed by atoms with Crippen LogP contribution in [0.1, 0.15) is 46.5 Å². The summed E-state index contributed by atoms with van der Waals surface area (Å²) in [5.74, 6) is 1.10. The number of amides is 1. The number of benzene rings is 1. The van der Waals surface area contributed by atoms with Crippen LogP contribution >= 0.6 is 15.9 Å². The number of halogens is 1. The van der Waals surface area contributed by atoms with Gasteiger partial charge >= 0.3 is 0 Å². The largest absolute Gasteiger partial charge is 0.326 e. The number of anilines is 1. The van der Waals surface area contributed by atoms with E-state index in [1.165, 1.54) is 12.8 Å². The van der Waals surface area contributed by atoms with Crippen LogP contribution in [0.3, 0.4) is 0 Å². The lowest BCUT2D eigenvalue weighted by atomic mass is 9.69. The molecule has 1 aliphatic rings. The number of nitrogens with one attached hydrogen (secondary N) is 1. The molecule has 0 bridgehead atoms. The molecule has 0 atom stereocenters. The van der Waals surface area contributed by atoms with Gasteiger partial charge in [0.05, 0.1) is 0 Å². The zero-order valence-electron chi connectivity index (χ0n) is 12.6. The summed E-state index contributed by atoms with van der Waals surface area (Å²) in [6.07, 6.45) is 4.36. The molecule has 1 aromatic carbocycles. The van der Waals surface area contributed by atoms with Crippen LogP contribution in [0, 0.1) is 17.3 Å². The molecule has 2 nitrogen and oxygen atoms in total. The SMILES string of the molecule is CC(C)(C)C1CCC(C(=O)Nc2cccc(Br)c2)CC1. The van der Waals surface area contributed by atoms with Gasteiger partial charge in [0.2, 0.25) is 5.91 Å². The molecule has 0 spiro atoms. The maximum atomic E-state index is 12.3. The fraction of sp³-hybridized carbons (Fsp3) is 0.588. The standard InChI is InChI=1S/C17H24BrNO/c1-17(2,3)13-9-7-12(8-10-13)16(20)19-15-6-4-5-14(18)11-15/h4-6,11-13H,7-10H2,1-3H3,(H,19,20). The first-order valence-corrected chi connectivity index (χ1v) is 8.22. The van der Waals surface area contributed by atoms with Gasteiger partial charge in [-0.1, -0.05) is 42.8 Å². The van der Waals surface area contributed by atoms with Crippen LogP contribution in [-0.4, -0.2) is 5.91 Å². The van der Waals surface area contributed by atoms with Crippen LogP contribution < -0.4 is 5.32 Å². The summed E-state index contributed by atoms with van der Waals surface area (Å²) in [6, 6.07) is 7.78. The monoisotopic (exact) mass is 337 g/mol. The molecule has 110 valence electrons. The Balaban J connectivity index is 1.89. The maximum absolute atomic E-state index is 12.3. The molecule has 0 radical (unpaired) electrons. The summed E-state index contributed by atoms with van der Waals surface area (Å²) in [5, 5.41) is 3.04. The highest BCUT2D eigenvalue weighted by Crippen LogP contribution is 2.40. The molecule has 1 aromatic rings.